The molecule has 1 N–H and O–H groups in total. The number of carbonyl (C=O) groups is 1. The normalized spacial score (nSPS) is 10.1. The quantitative estimate of drug-likeness (QED) is 0.887. The van der Waals surface area contributed by atoms with Crippen LogP contribution in [0.1, 0.15) is 10.4 Å². The molecule has 0 saturated heterocycles. The van der Waals surface area contributed by atoms with Crippen molar-refractivity contribution in [2.75, 3.05) is 7.11 Å². The summed E-state index contributed by atoms with van der Waals surface area (Å²) in [7, 11) is 1.54. The average Bonchev–Trinajstić information content (AvgIpc) is 2.81. The minimum Gasteiger partial charge on any atom is -0.496 e. The van der Waals surface area contributed by atoms with Crippen LogP contribution in [0.25, 0.3) is 11.1 Å². The molecule has 3 nitrogen and oxygen atoms in total. The van der Waals surface area contributed by atoms with Gasteiger partial charge in [0, 0.05) is 5.56 Å². The standard InChI is InChI=1S/C12H10O3S/c1-15-11-6-8(12(13)14)2-3-10(11)9-4-5-16-7-9/h2-7H,1H3,(H,13,14). The number of benzene rings is 1. The Morgan fingerprint density at radius 1 is 1.38 bits per heavy atom. The number of methoxy groups -OCH3 is 1. The third-order valence-electron chi connectivity index (χ3n) is 2.28. The van der Waals surface area contributed by atoms with E-state index in [-0.39, 0.29) is 5.56 Å². The summed E-state index contributed by atoms with van der Waals surface area (Å²) in [6.45, 7) is 0. The van der Waals surface area contributed by atoms with Crippen LogP contribution in [-0.2, 0) is 0 Å². The van der Waals surface area contributed by atoms with Crippen molar-refractivity contribution >= 4 is 17.3 Å². The van der Waals surface area contributed by atoms with E-state index in [9.17, 15) is 4.79 Å². The first kappa shape index (κ1) is 10.7. The molecule has 4 heteroatoms. The second kappa shape index (κ2) is 4.37. The van der Waals surface area contributed by atoms with Gasteiger partial charge < -0.3 is 9.84 Å². The summed E-state index contributed by atoms with van der Waals surface area (Å²) in [6.07, 6.45) is 0. The lowest BCUT2D eigenvalue weighted by Gasteiger charge is -2.07. The summed E-state index contributed by atoms with van der Waals surface area (Å²) in [6, 6.07) is 6.86. The summed E-state index contributed by atoms with van der Waals surface area (Å²) in [5, 5.41) is 12.8. The molecule has 0 fully saturated rings. The molecule has 0 unspecified atom stereocenters. The van der Waals surface area contributed by atoms with Gasteiger partial charge in [-0.15, -0.1) is 0 Å². The van der Waals surface area contributed by atoms with Crippen molar-refractivity contribution in [1.82, 2.24) is 0 Å². The van der Waals surface area contributed by atoms with Gasteiger partial charge in [0.05, 0.1) is 12.7 Å². The highest BCUT2D eigenvalue weighted by molar-refractivity contribution is 7.08. The van der Waals surface area contributed by atoms with Crippen molar-refractivity contribution in [3.63, 3.8) is 0 Å². The Morgan fingerprint density at radius 2 is 2.19 bits per heavy atom. The van der Waals surface area contributed by atoms with Crippen LogP contribution >= 0.6 is 11.3 Å². The van der Waals surface area contributed by atoms with E-state index in [1.807, 2.05) is 16.8 Å². The Kier molecular flexibility index (Phi) is 2.92. The van der Waals surface area contributed by atoms with E-state index in [0.717, 1.165) is 11.1 Å². The van der Waals surface area contributed by atoms with E-state index in [4.69, 9.17) is 9.84 Å². The number of aromatic carboxylic acids is 1. The summed E-state index contributed by atoms with van der Waals surface area (Å²) >= 11 is 1.59. The van der Waals surface area contributed by atoms with Crippen LogP contribution in [0.5, 0.6) is 5.75 Å². The zero-order chi connectivity index (χ0) is 11.5. The van der Waals surface area contributed by atoms with Crippen molar-refractivity contribution in [3.8, 4) is 16.9 Å². The van der Waals surface area contributed by atoms with Gasteiger partial charge in [0.2, 0.25) is 0 Å². The first-order chi connectivity index (χ1) is 7.72. The molecule has 0 atom stereocenters. The van der Waals surface area contributed by atoms with Crippen LogP contribution in [-0.4, -0.2) is 18.2 Å². The van der Waals surface area contributed by atoms with E-state index in [1.165, 1.54) is 13.2 Å². The van der Waals surface area contributed by atoms with Crippen LogP contribution in [0.15, 0.2) is 35.0 Å². The molecule has 0 bridgehead atoms. The van der Waals surface area contributed by atoms with E-state index in [1.54, 1.807) is 23.5 Å². The number of rotatable bonds is 3. The van der Waals surface area contributed by atoms with Crippen LogP contribution in [0.3, 0.4) is 0 Å². The Labute approximate surface area is 96.9 Å². The van der Waals surface area contributed by atoms with Gasteiger partial charge in [0.15, 0.2) is 0 Å². The number of hydrogen-bond donors (Lipinski definition) is 1. The molecule has 2 rings (SSSR count). The monoisotopic (exact) mass is 234 g/mol. The van der Waals surface area contributed by atoms with Gasteiger partial charge in [-0.1, -0.05) is 0 Å². The molecule has 0 spiro atoms. The smallest absolute Gasteiger partial charge is 0.335 e. The number of ether oxygens (including phenoxy) is 1. The number of hydrogen-bond acceptors (Lipinski definition) is 3. The molecule has 1 aromatic heterocycles. The fourth-order valence-electron chi connectivity index (χ4n) is 1.48. The first-order valence-electron chi connectivity index (χ1n) is 4.66. The predicted octanol–water partition coefficient (Wildman–Crippen LogP) is 3.12. The molecule has 0 aliphatic rings. The van der Waals surface area contributed by atoms with Gasteiger partial charge in [-0.3, -0.25) is 0 Å². The van der Waals surface area contributed by atoms with Crippen LogP contribution in [0, 0.1) is 0 Å². The second-order valence-electron chi connectivity index (χ2n) is 3.23. The van der Waals surface area contributed by atoms with Gasteiger partial charge in [0.25, 0.3) is 0 Å². The predicted molar refractivity (Wildman–Crippen MR) is 63.3 cm³/mol. The van der Waals surface area contributed by atoms with Crippen LogP contribution in [0.2, 0.25) is 0 Å². The molecule has 16 heavy (non-hydrogen) atoms. The van der Waals surface area contributed by atoms with Crippen LogP contribution in [0.4, 0.5) is 0 Å². The Hall–Kier alpha value is -1.81. The van der Waals surface area contributed by atoms with E-state index >= 15 is 0 Å². The van der Waals surface area contributed by atoms with E-state index < -0.39 is 5.97 Å². The van der Waals surface area contributed by atoms with Crippen molar-refractivity contribution in [2.45, 2.75) is 0 Å². The summed E-state index contributed by atoms with van der Waals surface area (Å²) < 4.78 is 5.20. The van der Waals surface area contributed by atoms with Gasteiger partial charge in [-0.25, -0.2) is 4.79 Å². The topological polar surface area (TPSA) is 46.5 Å². The molecule has 82 valence electrons. The number of thiophene rings is 1. The highest BCUT2D eigenvalue weighted by Crippen LogP contribution is 2.32. The van der Waals surface area contributed by atoms with Crippen molar-refractivity contribution in [3.05, 3.63) is 40.6 Å². The van der Waals surface area contributed by atoms with E-state index in [2.05, 4.69) is 0 Å². The van der Waals surface area contributed by atoms with Gasteiger partial charge in [-0.2, -0.15) is 11.3 Å². The van der Waals surface area contributed by atoms with Crippen molar-refractivity contribution in [2.24, 2.45) is 0 Å². The third kappa shape index (κ3) is 1.92. The summed E-state index contributed by atoms with van der Waals surface area (Å²) in [5.74, 6) is -0.367. The zero-order valence-corrected chi connectivity index (χ0v) is 9.45. The molecular weight excluding hydrogens is 224 g/mol. The van der Waals surface area contributed by atoms with Gasteiger partial charge in [0.1, 0.15) is 5.75 Å². The molecular formula is C12H10O3S. The molecule has 0 radical (unpaired) electrons. The highest BCUT2D eigenvalue weighted by atomic mass is 32.1. The van der Waals surface area contributed by atoms with Crippen molar-refractivity contribution in [1.29, 1.82) is 0 Å². The molecule has 0 amide bonds. The Balaban J connectivity index is 2.51. The van der Waals surface area contributed by atoms with Gasteiger partial charge >= 0.3 is 5.97 Å². The number of carboxylic acids is 1. The highest BCUT2D eigenvalue weighted by Gasteiger charge is 2.10. The van der Waals surface area contributed by atoms with E-state index in [0.29, 0.717) is 5.75 Å². The van der Waals surface area contributed by atoms with Crippen molar-refractivity contribution < 1.29 is 14.6 Å². The molecule has 1 aromatic carbocycles. The lowest BCUT2D eigenvalue weighted by atomic mass is 10.1. The zero-order valence-electron chi connectivity index (χ0n) is 8.64. The van der Waals surface area contributed by atoms with Gasteiger partial charge in [-0.05, 0) is 40.6 Å². The maximum absolute atomic E-state index is 10.8. The fraction of sp³-hybridized carbons (Fsp3) is 0.0833. The Bertz CT molecular complexity index is 503. The average molecular weight is 234 g/mol. The van der Waals surface area contributed by atoms with Crippen LogP contribution < -0.4 is 4.74 Å². The second-order valence-corrected chi connectivity index (χ2v) is 4.01. The molecule has 0 aliphatic carbocycles. The minimum atomic E-state index is -0.949. The maximum Gasteiger partial charge on any atom is 0.335 e. The lowest BCUT2D eigenvalue weighted by molar-refractivity contribution is 0.0696. The SMILES string of the molecule is COc1cc(C(=O)O)ccc1-c1ccsc1. The maximum atomic E-state index is 10.8. The molecule has 1 heterocycles. The summed E-state index contributed by atoms with van der Waals surface area (Å²) in [4.78, 5) is 10.8. The lowest BCUT2D eigenvalue weighted by Crippen LogP contribution is -1.97. The minimum absolute atomic E-state index is 0.232. The first-order valence-corrected chi connectivity index (χ1v) is 5.60. The molecule has 0 saturated carbocycles. The fourth-order valence-corrected chi connectivity index (χ4v) is 2.14. The summed E-state index contributed by atoms with van der Waals surface area (Å²) in [5.41, 5.74) is 2.18. The molecule has 2 aromatic rings. The third-order valence-corrected chi connectivity index (χ3v) is 2.96. The Morgan fingerprint density at radius 3 is 2.75 bits per heavy atom. The molecule has 0 aliphatic heterocycles. The largest absolute Gasteiger partial charge is 0.496 e. The number of carboxylic acid groups (broad SMARTS) is 1.